The number of rotatable bonds is 12. The first-order valence-corrected chi connectivity index (χ1v) is 13.6. The Labute approximate surface area is 245 Å². The van der Waals surface area contributed by atoms with E-state index in [0.717, 1.165) is 5.56 Å². The van der Waals surface area contributed by atoms with Crippen LogP contribution in [-0.2, 0) is 16.0 Å². The predicted molar refractivity (Wildman–Crippen MR) is 156 cm³/mol. The van der Waals surface area contributed by atoms with E-state index in [2.05, 4.69) is 31.8 Å². The fraction of sp³-hybridized carbons (Fsp3) is 0.250. The van der Waals surface area contributed by atoms with Crippen LogP contribution in [0, 0.1) is 0 Å². The summed E-state index contributed by atoms with van der Waals surface area (Å²) < 4.78 is 17.4. The second-order valence-corrected chi connectivity index (χ2v) is 9.99. The Morgan fingerprint density at radius 2 is 1.79 bits per heavy atom. The lowest BCUT2D eigenvalue weighted by molar-refractivity contribution is -0.132. The monoisotopic (exact) mass is 635 g/mol. The number of carbonyl (C=O) groups excluding carboxylic acids is 2. The van der Waals surface area contributed by atoms with Gasteiger partial charge in [-0.25, -0.2) is 5.43 Å². The van der Waals surface area contributed by atoms with E-state index in [4.69, 9.17) is 37.4 Å². The van der Waals surface area contributed by atoms with Gasteiger partial charge in [0, 0.05) is 11.4 Å². The third-order valence-corrected chi connectivity index (χ3v) is 6.53. The number of nitrogens with one attached hydrogen (secondary N) is 2. The highest BCUT2D eigenvalue weighted by Crippen LogP contribution is 2.36. The molecule has 0 unspecified atom stereocenters. The Morgan fingerprint density at radius 3 is 2.46 bits per heavy atom. The van der Waals surface area contributed by atoms with Gasteiger partial charge in [0.05, 0.1) is 29.4 Å². The van der Waals surface area contributed by atoms with Gasteiger partial charge >= 0.3 is 0 Å². The van der Waals surface area contributed by atoms with Crippen LogP contribution >= 0.6 is 39.1 Å². The van der Waals surface area contributed by atoms with Crippen molar-refractivity contribution < 1.29 is 23.8 Å². The molecule has 0 radical (unpaired) electrons. The summed E-state index contributed by atoms with van der Waals surface area (Å²) in [5.41, 5.74) is 4.03. The average Bonchev–Trinajstić information content (AvgIpc) is 2.91. The number of ether oxygens (including phenoxy) is 3. The molecule has 0 aliphatic heterocycles. The summed E-state index contributed by atoms with van der Waals surface area (Å²) in [5, 5.41) is 7.55. The van der Waals surface area contributed by atoms with Crippen molar-refractivity contribution in [2.24, 2.45) is 5.10 Å². The maximum absolute atomic E-state index is 13.1. The van der Waals surface area contributed by atoms with Crippen LogP contribution in [-0.4, -0.2) is 43.9 Å². The van der Waals surface area contributed by atoms with Gasteiger partial charge in [-0.15, -0.1) is 0 Å². The van der Waals surface area contributed by atoms with E-state index in [0.29, 0.717) is 38.9 Å². The van der Waals surface area contributed by atoms with E-state index in [-0.39, 0.29) is 11.4 Å². The maximum atomic E-state index is 13.1. The molecule has 8 nitrogen and oxygen atoms in total. The first kappa shape index (κ1) is 30.3. The smallest absolute Gasteiger partial charge is 0.262 e. The Kier molecular flexibility index (Phi) is 11.5. The van der Waals surface area contributed by atoms with Crippen LogP contribution in [0.3, 0.4) is 0 Å². The van der Waals surface area contributed by atoms with Gasteiger partial charge in [-0.2, -0.15) is 5.10 Å². The van der Waals surface area contributed by atoms with E-state index >= 15 is 0 Å². The summed E-state index contributed by atoms with van der Waals surface area (Å²) >= 11 is 15.6. The molecular weight excluding hydrogens is 609 g/mol. The minimum absolute atomic E-state index is 0.241. The number of nitrogens with zero attached hydrogens (tertiary/aromatic N) is 1. The fourth-order valence-electron chi connectivity index (χ4n) is 3.51. The molecule has 3 aromatic rings. The number of amides is 2. The van der Waals surface area contributed by atoms with Crippen molar-refractivity contribution in [1.29, 1.82) is 0 Å². The fourth-order valence-corrected chi connectivity index (χ4v) is 4.54. The second kappa shape index (κ2) is 14.8. The first-order chi connectivity index (χ1) is 18.7. The van der Waals surface area contributed by atoms with Crippen molar-refractivity contribution in [3.8, 4) is 17.2 Å². The molecule has 2 amide bonds. The summed E-state index contributed by atoms with van der Waals surface area (Å²) in [6.45, 7) is 3.91. The number of hydrogen-bond acceptors (Lipinski definition) is 6. The van der Waals surface area contributed by atoms with Gasteiger partial charge in [0.1, 0.15) is 11.8 Å². The zero-order chi connectivity index (χ0) is 28.4. The molecule has 2 N–H and O–H groups in total. The van der Waals surface area contributed by atoms with Crippen molar-refractivity contribution in [3.63, 3.8) is 0 Å². The Balaban J connectivity index is 1.72. The normalized spacial score (nSPS) is 12.5. The lowest BCUT2D eigenvalue weighted by atomic mass is 10.1. The number of carbonyl (C=O) groups is 2. The van der Waals surface area contributed by atoms with E-state index in [1.54, 1.807) is 31.2 Å². The summed E-state index contributed by atoms with van der Waals surface area (Å²) in [5.74, 6) is 0.388. The zero-order valence-electron chi connectivity index (χ0n) is 21.5. The van der Waals surface area contributed by atoms with E-state index < -0.39 is 24.0 Å². The summed E-state index contributed by atoms with van der Waals surface area (Å²) in [6, 6.07) is 16.6. The molecule has 0 spiro atoms. The molecule has 0 fully saturated rings. The Hall–Kier alpha value is -3.27. The lowest BCUT2D eigenvalue weighted by Crippen LogP contribution is -2.50. The molecule has 0 aliphatic rings. The SMILES string of the molecule is CCOc1c(Br)cc(/C=N\NC(=O)[C@H](Cc2ccccc2)NC(=O)[C@H](C)Oc2ccc(Cl)cc2Cl)cc1OC. The van der Waals surface area contributed by atoms with Gasteiger partial charge in [-0.05, 0) is 71.2 Å². The van der Waals surface area contributed by atoms with Crippen molar-refractivity contribution in [1.82, 2.24) is 10.7 Å². The van der Waals surface area contributed by atoms with Crippen LogP contribution in [0.15, 0.2) is 70.2 Å². The third kappa shape index (κ3) is 8.88. The molecule has 3 aromatic carbocycles. The minimum atomic E-state index is -0.938. The molecule has 0 bridgehead atoms. The standard InChI is InChI=1S/C28H28BrCl2N3O5/c1-4-38-26-21(29)12-19(14-25(26)37-3)16-32-34-28(36)23(13-18-8-6-5-7-9-18)33-27(35)17(2)39-24-11-10-20(30)15-22(24)31/h5-12,14-17,23H,4,13H2,1-3H3,(H,33,35)(H,34,36)/b32-16-/t17-,23-/m0/s1. The molecule has 39 heavy (non-hydrogen) atoms. The molecule has 206 valence electrons. The summed E-state index contributed by atoms with van der Waals surface area (Å²) in [6.07, 6.45) is 0.772. The molecular formula is C28H28BrCl2N3O5. The van der Waals surface area contributed by atoms with Crippen molar-refractivity contribution in [2.45, 2.75) is 32.4 Å². The summed E-state index contributed by atoms with van der Waals surface area (Å²) in [7, 11) is 1.54. The molecule has 0 heterocycles. The van der Waals surface area contributed by atoms with Crippen LogP contribution in [0.2, 0.25) is 10.0 Å². The number of methoxy groups -OCH3 is 1. The molecule has 2 atom stereocenters. The highest BCUT2D eigenvalue weighted by atomic mass is 79.9. The number of halogens is 3. The summed E-state index contributed by atoms with van der Waals surface area (Å²) in [4.78, 5) is 26.1. The van der Waals surface area contributed by atoms with Gasteiger partial charge in [0.25, 0.3) is 11.8 Å². The Bertz CT molecular complexity index is 1320. The highest BCUT2D eigenvalue weighted by molar-refractivity contribution is 9.10. The largest absolute Gasteiger partial charge is 0.493 e. The quantitative estimate of drug-likeness (QED) is 0.193. The van der Waals surface area contributed by atoms with Crippen molar-refractivity contribution >= 4 is 57.2 Å². The molecule has 0 aromatic heterocycles. The lowest BCUT2D eigenvalue weighted by Gasteiger charge is -2.21. The predicted octanol–water partition coefficient (Wildman–Crippen LogP) is 5.81. The minimum Gasteiger partial charge on any atom is -0.493 e. The van der Waals surface area contributed by atoms with Crippen LogP contribution in [0.5, 0.6) is 17.2 Å². The van der Waals surface area contributed by atoms with Crippen LogP contribution in [0.1, 0.15) is 25.0 Å². The molecule has 0 aliphatic carbocycles. The third-order valence-electron chi connectivity index (χ3n) is 5.41. The van der Waals surface area contributed by atoms with Gasteiger partial charge < -0.3 is 19.5 Å². The maximum Gasteiger partial charge on any atom is 0.262 e. The number of hydrogen-bond donors (Lipinski definition) is 2. The van der Waals surface area contributed by atoms with Crippen LogP contribution in [0.25, 0.3) is 0 Å². The van der Waals surface area contributed by atoms with Crippen LogP contribution in [0.4, 0.5) is 0 Å². The van der Waals surface area contributed by atoms with E-state index in [1.807, 2.05) is 37.3 Å². The van der Waals surface area contributed by atoms with Gasteiger partial charge in [-0.3, -0.25) is 9.59 Å². The molecule has 11 heteroatoms. The van der Waals surface area contributed by atoms with Gasteiger partial charge in [0.15, 0.2) is 17.6 Å². The van der Waals surface area contributed by atoms with Crippen LogP contribution < -0.4 is 25.0 Å². The average molecular weight is 637 g/mol. The van der Waals surface area contributed by atoms with E-state index in [9.17, 15) is 9.59 Å². The zero-order valence-corrected chi connectivity index (χ0v) is 24.6. The first-order valence-electron chi connectivity index (χ1n) is 12.0. The van der Waals surface area contributed by atoms with Gasteiger partial charge in [-0.1, -0.05) is 53.5 Å². The highest BCUT2D eigenvalue weighted by Gasteiger charge is 2.25. The van der Waals surface area contributed by atoms with Crippen molar-refractivity contribution in [2.75, 3.05) is 13.7 Å². The molecule has 0 saturated carbocycles. The second-order valence-electron chi connectivity index (χ2n) is 8.29. The van der Waals surface area contributed by atoms with E-state index in [1.165, 1.54) is 19.4 Å². The number of benzene rings is 3. The molecule has 0 saturated heterocycles. The molecule has 3 rings (SSSR count). The Morgan fingerprint density at radius 1 is 1.05 bits per heavy atom. The van der Waals surface area contributed by atoms with Crippen molar-refractivity contribution in [3.05, 3.63) is 86.3 Å². The van der Waals surface area contributed by atoms with Gasteiger partial charge in [0.2, 0.25) is 0 Å². The number of hydrazone groups is 1. The topological polar surface area (TPSA) is 98.2 Å².